The molecular weight excluding hydrogens is 333 g/mol. The second-order valence-electron chi connectivity index (χ2n) is 4.71. The molecule has 2 aromatic heterocycles. The lowest BCUT2D eigenvalue weighted by atomic mass is 10.0. The summed E-state index contributed by atoms with van der Waals surface area (Å²) in [4.78, 5) is 21.7. The third kappa shape index (κ3) is 2.72. The van der Waals surface area contributed by atoms with Gasteiger partial charge in [-0.1, -0.05) is 11.6 Å². The highest BCUT2D eigenvalue weighted by Crippen LogP contribution is 2.39. The third-order valence-electron chi connectivity index (χ3n) is 3.21. The molecule has 3 rings (SSSR count). The number of hydrogen-bond donors (Lipinski definition) is 2. The zero-order valence-corrected chi connectivity index (χ0v) is 12.0. The summed E-state index contributed by atoms with van der Waals surface area (Å²) in [5, 5.41) is 0.110. The van der Waals surface area contributed by atoms with Gasteiger partial charge in [-0.25, -0.2) is 9.97 Å². The molecule has 0 aliphatic rings. The fraction of sp³-hybridized carbons (Fsp3) is 0.0714. The Balaban J connectivity index is 2.35. The molecule has 0 atom stereocenters. The van der Waals surface area contributed by atoms with E-state index in [1.54, 1.807) is 0 Å². The van der Waals surface area contributed by atoms with Crippen LogP contribution in [-0.4, -0.2) is 15.0 Å². The highest BCUT2D eigenvalue weighted by molar-refractivity contribution is 6.34. The number of halogens is 4. The molecule has 118 valence electrons. The molecule has 0 amide bonds. The quantitative estimate of drug-likeness (QED) is 0.712. The van der Waals surface area contributed by atoms with Crippen LogP contribution in [0.4, 0.5) is 19.0 Å². The lowest BCUT2D eigenvalue weighted by molar-refractivity contribution is -0.137. The molecule has 3 N–H and O–H groups in total. The van der Waals surface area contributed by atoms with Crippen LogP contribution in [-0.2, 0) is 6.18 Å². The highest BCUT2D eigenvalue weighted by Gasteiger charge is 2.35. The van der Waals surface area contributed by atoms with Crippen LogP contribution in [0.15, 0.2) is 35.4 Å². The molecule has 0 radical (unpaired) electrons. The summed E-state index contributed by atoms with van der Waals surface area (Å²) in [5.74, 6) is -0.0805. The summed E-state index contributed by atoms with van der Waals surface area (Å²) in [7, 11) is 0. The zero-order chi connectivity index (χ0) is 16.8. The maximum absolute atomic E-state index is 13.2. The second kappa shape index (κ2) is 5.24. The third-order valence-corrected chi connectivity index (χ3v) is 3.52. The van der Waals surface area contributed by atoms with Crippen LogP contribution in [0.3, 0.4) is 0 Å². The number of anilines is 1. The molecule has 0 aliphatic heterocycles. The number of aromatic nitrogens is 3. The van der Waals surface area contributed by atoms with E-state index in [1.807, 2.05) is 0 Å². The number of pyridine rings is 1. The van der Waals surface area contributed by atoms with Gasteiger partial charge in [-0.3, -0.25) is 4.79 Å². The van der Waals surface area contributed by atoms with E-state index in [-0.39, 0.29) is 27.3 Å². The van der Waals surface area contributed by atoms with Crippen molar-refractivity contribution in [1.82, 2.24) is 15.0 Å². The Bertz CT molecular complexity index is 968. The minimum absolute atomic E-state index is 0.00288. The molecule has 2 heterocycles. The van der Waals surface area contributed by atoms with Gasteiger partial charge in [-0.05, 0) is 24.3 Å². The molecule has 5 nitrogen and oxygen atoms in total. The van der Waals surface area contributed by atoms with E-state index >= 15 is 0 Å². The van der Waals surface area contributed by atoms with E-state index in [0.717, 1.165) is 18.5 Å². The number of H-pyrrole nitrogens is 1. The molecule has 0 spiro atoms. The summed E-state index contributed by atoms with van der Waals surface area (Å²) in [5.41, 5.74) is 3.87. The topological polar surface area (TPSA) is 84.7 Å². The van der Waals surface area contributed by atoms with Crippen molar-refractivity contribution in [2.45, 2.75) is 6.18 Å². The van der Waals surface area contributed by atoms with E-state index in [4.69, 9.17) is 17.3 Å². The zero-order valence-electron chi connectivity index (χ0n) is 11.3. The van der Waals surface area contributed by atoms with Crippen molar-refractivity contribution in [3.63, 3.8) is 0 Å². The largest absolute Gasteiger partial charge is 0.418 e. The standard InChI is InChI=1S/C14H8ClF3N4O/c15-9-3-7-10(20-5-21-13(7)23)4-6(9)12-8(14(16,17)18)1-2-11(19)22-12/h1-5H,(H2,19,22)(H,20,21,23). The summed E-state index contributed by atoms with van der Waals surface area (Å²) in [6, 6.07) is 4.43. The van der Waals surface area contributed by atoms with Crippen molar-refractivity contribution in [1.29, 1.82) is 0 Å². The monoisotopic (exact) mass is 340 g/mol. The number of nitrogens with one attached hydrogen (secondary N) is 1. The van der Waals surface area contributed by atoms with Crippen LogP contribution in [0, 0.1) is 0 Å². The number of nitrogens with zero attached hydrogens (tertiary/aromatic N) is 2. The number of hydrogen-bond acceptors (Lipinski definition) is 4. The van der Waals surface area contributed by atoms with Crippen molar-refractivity contribution in [3.05, 3.63) is 51.5 Å². The molecule has 3 aromatic rings. The number of alkyl halides is 3. The van der Waals surface area contributed by atoms with Gasteiger partial charge in [0.2, 0.25) is 0 Å². The van der Waals surface area contributed by atoms with Crippen molar-refractivity contribution >= 4 is 28.3 Å². The van der Waals surface area contributed by atoms with E-state index in [1.165, 1.54) is 12.1 Å². The fourth-order valence-corrected chi connectivity index (χ4v) is 2.43. The van der Waals surface area contributed by atoms with Gasteiger partial charge in [0.1, 0.15) is 5.82 Å². The van der Waals surface area contributed by atoms with Gasteiger partial charge in [0, 0.05) is 5.56 Å². The van der Waals surface area contributed by atoms with Gasteiger partial charge >= 0.3 is 6.18 Å². The van der Waals surface area contributed by atoms with Gasteiger partial charge in [0.15, 0.2) is 0 Å². The smallest absolute Gasteiger partial charge is 0.384 e. The van der Waals surface area contributed by atoms with Crippen molar-refractivity contribution in [2.75, 3.05) is 5.73 Å². The normalized spacial score (nSPS) is 11.8. The summed E-state index contributed by atoms with van der Waals surface area (Å²) >= 11 is 6.06. The van der Waals surface area contributed by atoms with Crippen LogP contribution in [0.5, 0.6) is 0 Å². The van der Waals surface area contributed by atoms with E-state index in [2.05, 4.69) is 15.0 Å². The number of rotatable bonds is 1. The Hall–Kier alpha value is -2.61. The second-order valence-corrected chi connectivity index (χ2v) is 5.12. The van der Waals surface area contributed by atoms with Gasteiger partial charge in [0.05, 0.1) is 33.5 Å². The van der Waals surface area contributed by atoms with Crippen LogP contribution >= 0.6 is 11.6 Å². The molecule has 0 bridgehead atoms. The van der Waals surface area contributed by atoms with Crippen molar-refractivity contribution in [3.8, 4) is 11.3 Å². The van der Waals surface area contributed by atoms with E-state index in [0.29, 0.717) is 0 Å². The van der Waals surface area contributed by atoms with Crippen LogP contribution < -0.4 is 11.3 Å². The van der Waals surface area contributed by atoms with Crippen LogP contribution in [0.1, 0.15) is 5.56 Å². The van der Waals surface area contributed by atoms with Gasteiger partial charge in [-0.15, -0.1) is 0 Å². The first-order chi connectivity index (χ1) is 10.8. The van der Waals surface area contributed by atoms with Crippen molar-refractivity contribution < 1.29 is 13.2 Å². The Morgan fingerprint density at radius 1 is 1.22 bits per heavy atom. The van der Waals surface area contributed by atoms with Crippen LogP contribution in [0.25, 0.3) is 22.2 Å². The average molecular weight is 341 g/mol. The predicted octanol–water partition coefficient (Wildman–Crippen LogP) is 3.24. The number of benzene rings is 1. The minimum atomic E-state index is -4.63. The molecule has 1 aromatic carbocycles. The molecule has 0 fully saturated rings. The molecule has 0 saturated heterocycles. The Kier molecular flexibility index (Phi) is 3.48. The maximum atomic E-state index is 13.2. The number of nitrogens with two attached hydrogens (primary N) is 1. The summed E-state index contributed by atoms with van der Waals surface area (Å²) < 4.78 is 39.5. The first-order valence-corrected chi connectivity index (χ1v) is 6.66. The Labute approximate surface area is 131 Å². The fourth-order valence-electron chi connectivity index (χ4n) is 2.18. The Morgan fingerprint density at radius 2 is 1.96 bits per heavy atom. The van der Waals surface area contributed by atoms with Crippen LogP contribution in [0.2, 0.25) is 5.02 Å². The maximum Gasteiger partial charge on any atom is 0.418 e. The molecule has 0 unspecified atom stereocenters. The number of fused-ring (bicyclic) bond motifs is 1. The lowest BCUT2D eigenvalue weighted by Gasteiger charge is -2.14. The average Bonchev–Trinajstić information content (AvgIpc) is 2.46. The summed E-state index contributed by atoms with van der Waals surface area (Å²) in [6.07, 6.45) is -3.48. The van der Waals surface area contributed by atoms with Gasteiger partial charge < -0.3 is 10.7 Å². The first kappa shape index (κ1) is 15.3. The van der Waals surface area contributed by atoms with Crippen molar-refractivity contribution in [2.24, 2.45) is 0 Å². The Morgan fingerprint density at radius 3 is 2.65 bits per heavy atom. The van der Waals surface area contributed by atoms with E-state index < -0.39 is 23.0 Å². The van der Waals surface area contributed by atoms with Gasteiger partial charge in [0.25, 0.3) is 5.56 Å². The number of nitrogen functional groups attached to an aromatic ring is 1. The van der Waals surface area contributed by atoms with E-state index in [9.17, 15) is 18.0 Å². The SMILES string of the molecule is Nc1ccc(C(F)(F)F)c(-c2cc3nc[nH]c(=O)c3cc2Cl)n1. The first-order valence-electron chi connectivity index (χ1n) is 6.28. The lowest BCUT2D eigenvalue weighted by Crippen LogP contribution is -2.10. The molecule has 0 aliphatic carbocycles. The predicted molar refractivity (Wildman–Crippen MR) is 80.0 cm³/mol. The molecule has 9 heteroatoms. The molecule has 23 heavy (non-hydrogen) atoms. The molecular formula is C14H8ClF3N4O. The highest BCUT2D eigenvalue weighted by atomic mass is 35.5. The minimum Gasteiger partial charge on any atom is -0.384 e. The van der Waals surface area contributed by atoms with Gasteiger partial charge in [-0.2, -0.15) is 13.2 Å². The molecule has 0 saturated carbocycles. The summed E-state index contributed by atoms with van der Waals surface area (Å²) in [6.45, 7) is 0. The number of aromatic amines is 1.